The van der Waals surface area contributed by atoms with Gasteiger partial charge in [0, 0.05) is 30.8 Å². The van der Waals surface area contributed by atoms with Crippen LogP contribution in [0.1, 0.15) is 34.3 Å². The molecule has 1 fully saturated rings. The van der Waals surface area contributed by atoms with Crippen LogP contribution in [-0.4, -0.2) is 23.9 Å². The summed E-state index contributed by atoms with van der Waals surface area (Å²) in [6.07, 6.45) is 7.39. The number of quaternary nitrogens is 1. The third-order valence-corrected chi connectivity index (χ3v) is 4.62. The van der Waals surface area contributed by atoms with Gasteiger partial charge in [-0.3, -0.25) is 9.78 Å². The zero-order valence-corrected chi connectivity index (χ0v) is 13.2. The van der Waals surface area contributed by atoms with Gasteiger partial charge in [0.1, 0.15) is 12.3 Å². The van der Waals surface area contributed by atoms with Crippen molar-refractivity contribution in [1.82, 2.24) is 4.98 Å². The van der Waals surface area contributed by atoms with E-state index < -0.39 is 0 Å². The average molecular weight is 322 g/mol. The molecule has 2 aliphatic heterocycles. The van der Waals surface area contributed by atoms with Crippen molar-refractivity contribution in [3.63, 3.8) is 0 Å². The molecule has 1 N–H and O–H groups in total. The molecule has 2 aromatic rings. The van der Waals surface area contributed by atoms with Crippen LogP contribution in [0.2, 0.25) is 0 Å². The number of benzene rings is 1. The standard InChI is InChI=1S/C19H18N2O3/c22-16-6-5-14-18(23)17(10-13-4-3-7-20-11-13)24-19(14)15(16)12-21-8-1-2-9-21/h3-7,10-11,22H,1-2,8-9,12H2/b17-10-. The predicted octanol–water partition coefficient (Wildman–Crippen LogP) is 0.950. The summed E-state index contributed by atoms with van der Waals surface area (Å²) < 4.78 is 5.82. The number of pyridine rings is 1. The van der Waals surface area contributed by atoms with Crippen LogP contribution in [0, 0.1) is 0 Å². The fourth-order valence-electron chi connectivity index (χ4n) is 3.37. The first kappa shape index (κ1) is 14.9. The lowest BCUT2D eigenvalue weighted by atomic mass is 10.0. The Hall–Kier alpha value is -2.66. The second kappa shape index (κ2) is 6.09. The highest BCUT2D eigenvalue weighted by Crippen LogP contribution is 2.38. The van der Waals surface area contributed by atoms with E-state index in [2.05, 4.69) is 4.98 Å². The normalized spacial score (nSPS) is 18.8. The Balaban J connectivity index is 1.68. The number of likely N-dealkylation sites (tertiary alicyclic amines) is 1. The molecule has 2 aliphatic rings. The maximum atomic E-state index is 12.6. The molecule has 0 atom stereocenters. The van der Waals surface area contributed by atoms with Gasteiger partial charge in [-0.25, -0.2) is 0 Å². The first-order valence-electron chi connectivity index (χ1n) is 8.23. The highest BCUT2D eigenvalue weighted by atomic mass is 16.5. The van der Waals surface area contributed by atoms with E-state index in [1.807, 2.05) is 6.07 Å². The lowest BCUT2D eigenvalue weighted by Crippen LogP contribution is -3.08. The quantitative estimate of drug-likeness (QED) is 0.855. The molecule has 5 heteroatoms. The largest absolute Gasteiger partial charge is 0.872 e. The summed E-state index contributed by atoms with van der Waals surface area (Å²) in [5, 5.41) is 12.3. The van der Waals surface area contributed by atoms with Crippen LogP contribution >= 0.6 is 0 Å². The summed E-state index contributed by atoms with van der Waals surface area (Å²) >= 11 is 0. The number of hydrogen-bond acceptors (Lipinski definition) is 4. The van der Waals surface area contributed by atoms with Crippen LogP contribution in [0.4, 0.5) is 0 Å². The number of rotatable bonds is 3. The number of carbonyl (C=O) groups is 1. The minimum atomic E-state index is -0.175. The highest BCUT2D eigenvalue weighted by molar-refractivity contribution is 6.14. The lowest BCUT2D eigenvalue weighted by molar-refractivity contribution is -0.901. The van der Waals surface area contributed by atoms with Crippen molar-refractivity contribution in [2.24, 2.45) is 0 Å². The first-order valence-corrected chi connectivity index (χ1v) is 8.23. The molecule has 5 nitrogen and oxygen atoms in total. The summed E-state index contributed by atoms with van der Waals surface area (Å²) in [5.41, 5.74) is 1.90. The molecule has 0 bridgehead atoms. The van der Waals surface area contributed by atoms with Crippen molar-refractivity contribution in [1.29, 1.82) is 0 Å². The van der Waals surface area contributed by atoms with E-state index in [4.69, 9.17) is 4.74 Å². The Morgan fingerprint density at radius 1 is 1.25 bits per heavy atom. The molecule has 0 amide bonds. The van der Waals surface area contributed by atoms with E-state index >= 15 is 0 Å². The number of aromatic nitrogens is 1. The van der Waals surface area contributed by atoms with Crippen molar-refractivity contribution >= 4 is 11.9 Å². The lowest BCUT2D eigenvalue weighted by Gasteiger charge is -2.19. The molecule has 0 radical (unpaired) electrons. The number of ketones is 1. The highest BCUT2D eigenvalue weighted by Gasteiger charge is 2.31. The number of nitrogens with zero attached hydrogens (tertiary/aromatic N) is 1. The molecular formula is C19H18N2O3. The van der Waals surface area contributed by atoms with Crippen molar-refractivity contribution in [2.75, 3.05) is 13.1 Å². The molecule has 122 valence electrons. The second-order valence-corrected chi connectivity index (χ2v) is 6.28. The van der Waals surface area contributed by atoms with Crippen molar-refractivity contribution in [3.8, 4) is 11.5 Å². The van der Waals surface area contributed by atoms with Gasteiger partial charge in [-0.2, -0.15) is 0 Å². The maximum absolute atomic E-state index is 12.6. The Bertz CT molecular complexity index is 809. The van der Waals surface area contributed by atoms with Crippen LogP contribution in [0.25, 0.3) is 6.08 Å². The third-order valence-electron chi connectivity index (χ3n) is 4.62. The van der Waals surface area contributed by atoms with Crippen LogP contribution in [0.15, 0.2) is 42.4 Å². The van der Waals surface area contributed by atoms with Crippen LogP contribution in [0.5, 0.6) is 11.5 Å². The van der Waals surface area contributed by atoms with E-state index in [-0.39, 0.29) is 17.3 Å². The van der Waals surface area contributed by atoms with Crippen molar-refractivity contribution < 1.29 is 19.5 Å². The predicted molar refractivity (Wildman–Crippen MR) is 86.7 cm³/mol. The number of allylic oxidation sites excluding steroid dienone is 1. The van der Waals surface area contributed by atoms with Gasteiger partial charge in [-0.05, 0) is 23.8 Å². The summed E-state index contributed by atoms with van der Waals surface area (Å²) in [4.78, 5) is 18.0. The summed E-state index contributed by atoms with van der Waals surface area (Å²) in [6, 6.07) is 6.72. The molecule has 0 spiro atoms. The van der Waals surface area contributed by atoms with E-state index in [1.165, 1.54) is 23.8 Å². The molecular weight excluding hydrogens is 304 g/mol. The Morgan fingerprint density at radius 2 is 2.08 bits per heavy atom. The fraction of sp³-hybridized carbons (Fsp3) is 0.263. The van der Waals surface area contributed by atoms with E-state index in [0.717, 1.165) is 18.7 Å². The molecule has 1 aromatic carbocycles. The van der Waals surface area contributed by atoms with Gasteiger partial charge < -0.3 is 14.7 Å². The Morgan fingerprint density at radius 3 is 2.83 bits per heavy atom. The number of carbonyl (C=O) groups excluding carboxylic acids is 1. The zero-order valence-electron chi connectivity index (χ0n) is 13.2. The minimum Gasteiger partial charge on any atom is -0.872 e. The molecule has 24 heavy (non-hydrogen) atoms. The minimum absolute atomic E-state index is 0.0522. The molecule has 3 heterocycles. The SMILES string of the molecule is O=C1/C(=C/c2cccnc2)Oc2c1ccc([O-])c2C[NH+]1CCCC1. The molecule has 0 saturated carbocycles. The number of nitrogens with one attached hydrogen (secondary N) is 1. The zero-order chi connectivity index (χ0) is 16.5. The number of hydrogen-bond donors (Lipinski definition) is 1. The Kier molecular flexibility index (Phi) is 3.78. The van der Waals surface area contributed by atoms with Crippen molar-refractivity contribution in [2.45, 2.75) is 19.4 Å². The molecule has 0 unspecified atom stereocenters. The topological polar surface area (TPSA) is 66.7 Å². The molecule has 0 aliphatic carbocycles. The first-order chi connectivity index (χ1) is 11.7. The van der Waals surface area contributed by atoms with Gasteiger partial charge in [0.25, 0.3) is 0 Å². The van der Waals surface area contributed by atoms with Gasteiger partial charge in [0.05, 0.1) is 18.7 Å². The smallest absolute Gasteiger partial charge is 0.231 e. The maximum Gasteiger partial charge on any atom is 0.231 e. The van der Waals surface area contributed by atoms with Crippen molar-refractivity contribution in [3.05, 3.63) is 59.1 Å². The van der Waals surface area contributed by atoms with Crippen LogP contribution < -0.4 is 14.7 Å². The van der Waals surface area contributed by atoms with Gasteiger partial charge in [0.2, 0.25) is 5.78 Å². The summed E-state index contributed by atoms with van der Waals surface area (Å²) in [5.74, 6) is 0.471. The van der Waals surface area contributed by atoms with Gasteiger partial charge in [-0.1, -0.05) is 17.9 Å². The molecule has 4 rings (SSSR count). The average Bonchev–Trinajstić information content (AvgIpc) is 3.21. The number of fused-ring (bicyclic) bond motifs is 1. The summed E-state index contributed by atoms with van der Waals surface area (Å²) in [7, 11) is 0. The van der Waals surface area contributed by atoms with E-state index in [0.29, 0.717) is 23.4 Å². The number of Topliss-reactive ketones (excluding diaryl/α,β-unsaturated/α-hetero) is 1. The second-order valence-electron chi connectivity index (χ2n) is 6.28. The van der Waals surface area contributed by atoms with Crippen LogP contribution in [-0.2, 0) is 6.54 Å². The van der Waals surface area contributed by atoms with E-state index in [9.17, 15) is 9.90 Å². The van der Waals surface area contributed by atoms with E-state index in [1.54, 1.807) is 30.6 Å². The summed E-state index contributed by atoms with van der Waals surface area (Å²) in [6.45, 7) is 2.75. The van der Waals surface area contributed by atoms with Gasteiger partial charge >= 0.3 is 0 Å². The fourth-order valence-corrected chi connectivity index (χ4v) is 3.37. The van der Waals surface area contributed by atoms with Gasteiger partial charge in [0.15, 0.2) is 5.76 Å². The monoisotopic (exact) mass is 322 g/mol. The number of ether oxygens (including phenoxy) is 1. The molecule has 1 saturated heterocycles. The third kappa shape index (κ3) is 2.67. The van der Waals surface area contributed by atoms with Gasteiger partial charge in [-0.15, -0.1) is 0 Å². The van der Waals surface area contributed by atoms with Crippen LogP contribution in [0.3, 0.4) is 0 Å². The molecule has 1 aromatic heterocycles. The Labute approximate surface area is 140 Å².